The molecule has 0 spiro atoms. The number of benzene rings is 2. The van der Waals surface area contributed by atoms with Gasteiger partial charge in [-0.3, -0.25) is 4.99 Å². The third kappa shape index (κ3) is 5.20. The summed E-state index contributed by atoms with van der Waals surface area (Å²) in [6.45, 7) is 13.8. The van der Waals surface area contributed by atoms with E-state index in [4.69, 9.17) is 10.7 Å². The van der Waals surface area contributed by atoms with Crippen molar-refractivity contribution in [3.05, 3.63) is 82.6 Å². The quantitative estimate of drug-likeness (QED) is 0.546. The lowest BCUT2D eigenvalue weighted by atomic mass is 9.80. The minimum atomic E-state index is -0.168. The van der Waals surface area contributed by atoms with E-state index in [2.05, 4.69) is 96.1 Å². The Kier molecular flexibility index (Phi) is 7.77. The fourth-order valence-electron chi connectivity index (χ4n) is 3.59. The number of hydrogen-bond donors (Lipinski definition) is 1. The molecule has 0 saturated carbocycles. The number of nitrogens with zero attached hydrogens (tertiary/aromatic N) is 1. The van der Waals surface area contributed by atoms with E-state index >= 15 is 0 Å². The van der Waals surface area contributed by atoms with Crippen LogP contribution in [-0.2, 0) is 11.8 Å². The van der Waals surface area contributed by atoms with E-state index in [-0.39, 0.29) is 5.41 Å². The van der Waals surface area contributed by atoms with Crippen LogP contribution in [0.1, 0.15) is 63.3 Å². The Hall–Kier alpha value is -2.19. The molecule has 0 aliphatic rings. The van der Waals surface area contributed by atoms with E-state index < -0.39 is 0 Å². The van der Waals surface area contributed by atoms with Crippen molar-refractivity contribution in [3.8, 4) is 0 Å². The van der Waals surface area contributed by atoms with Gasteiger partial charge in [0.15, 0.2) is 0 Å². The van der Waals surface area contributed by atoms with E-state index in [9.17, 15) is 0 Å². The van der Waals surface area contributed by atoms with Crippen LogP contribution in [0.2, 0.25) is 0 Å². The predicted octanol–water partition coefficient (Wildman–Crippen LogP) is 6.21. The molecule has 1 atom stereocenters. The number of hydrogen-bond acceptors (Lipinski definition) is 2. The molecule has 0 aromatic heterocycles. The van der Waals surface area contributed by atoms with E-state index in [1.54, 1.807) is 0 Å². The maximum atomic E-state index is 5.87. The minimum Gasteiger partial charge on any atom is -0.330 e. The largest absolute Gasteiger partial charge is 0.330 e. The van der Waals surface area contributed by atoms with Gasteiger partial charge in [-0.05, 0) is 49.9 Å². The molecule has 2 aromatic carbocycles. The molecule has 2 nitrogen and oxygen atoms in total. The lowest BCUT2D eigenvalue weighted by Crippen LogP contribution is -2.23. The van der Waals surface area contributed by atoms with Crippen LogP contribution in [0.3, 0.4) is 0 Å². The zero-order chi connectivity index (χ0) is 20.7. The molecule has 0 fully saturated rings. The Morgan fingerprint density at radius 2 is 1.82 bits per heavy atom. The first-order valence-electron chi connectivity index (χ1n) is 10.4. The topological polar surface area (TPSA) is 38.4 Å². The number of aliphatic imine (C=N–C) groups is 1. The SMILES string of the molecule is C/C=C(\N=C(c1ccc(C)cc1)C(C)CCN)C(C)(C)c1cccc(CC)c1. The van der Waals surface area contributed by atoms with Gasteiger partial charge in [-0.25, -0.2) is 0 Å². The third-order valence-electron chi connectivity index (χ3n) is 5.63. The van der Waals surface area contributed by atoms with Crippen LogP contribution >= 0.6 is 0 Å². The average Bonchev–Trinajstić information content (AvgIpc) is 2.69. The summed E-state index contributed by atoms with van der Waals surface area (Å²) in [6, 6.07) is 17.6. The molecule has 2 rings (SSSR count). The molecule has 0 amide bonds. The van der Waals surface area contributed by atoms with Crippen LogP contribution in [0.4, 0.5) is 0 Å². The zero-order valence-corrected chi connectivity index (χ0v) is 18.4. The second-order valence-corrected chi connectivity index (χ2v) is 8.19. The molecular formula is C26H36N2. The van der Waals surface area contributed by atoms with Crippen molar-refractivity contribution in [2.24, 2.45) is 16.6 Å². The maximum absolute atomic E-state index is 5.87. The highest BCUT2D eigenvalue weighted by Crippen LogP contribution is 2.34. The van der Waals surface area contributed by atoms with E-state index in [0.29, 0.717) is 12.5 Å². The highest BCUT2D eigenvalue weighted by Gasteiger charge is 2.27. The number of allylic oxidation sites excluding steroid dienone is 2. The monoisotopic (exact) mass is 376 g/mol. The van der Waals surface area contributed by atoms with Gasteiger partial charge in [0.2, 0.25) is 0 Å². The average molecular weight is 377 g/mol. The van der Waals surface area contributed by atoms with E-state index in [1.165, 1.54) is 22.3 Å². The molecule has 2 aromatic rings. The van der Waals surface area contributed by atoms with Crippen LogP contribution in [-0.4, -0.2) is 12.3 Å². The smallest absolute Gasteiger partial charge is 0.0508 e. The molecule has 0 saturated heterocycles. The molecule has 2 heteroatoms. The molecule has 0 radical (unpaired) electrons. The van der Waals surface area contributed by atoms with Crippen LogP contribution in [0.25, 0.3) is 0 Å². The van der Waals surface area contributed by atoms with Crippen molar-refractivity contribution in [1.82, 2.24) is 0 Å². The molecule has 150 valence electrons. The van der Waals surface area contributed by atoms with Crippen LogP contribution in [0.5, 0.6) is 0 Å². The summed E-state index contributed by atoms with van der Waals surface area (Å²) in [7, 11) is 0. The Bertz CT molecular complexity index is 826. The number of nitrogens with two attached hydrogens (primary N) is 1. The first-order chi connectivity index (χ1) is 13.3. The maximum Gasteiger partial charge on any atom is 0.0508 e. The Morgan fingerprint density at radius 3 is 2.39 bits per heavy atom. The van der Waals surface area contributed by atoms with Gasteiger partial charge in [0.1, 0.15) is 0 Å². The van der Waals surface area contributed by atoms with Gasteiger partial charge >= 0.3 is 0 Å². The van der Waals surface area contributed by atoms with Gasteiger partial charge in [0, 0.05) is 17.0 Å². The van der Waals surface area contributed by atoms with Gasteiger partial charge in [-0.1, -0.05) is 87.9 Å². The summed E-state index contributed by atoms with van der Waals surface area (Å²) < 4.78 is 0. The normalized spacial score (nSPS) is 14.2. The first kappa shape index (κ1) is 22.1. The van der Waals surface area contributed by atoms with Crippen molar-refractivity contribution >= 4 is 5.71 Å². The van der Waals surface area contributed by atoms with Gasteiger partial charge in [-0.15, -0.1) is 0 Å². The molecule has 28 heavy (non-hydrogen) atoms. The predicted molar refractivity (Wildman–Crippen MR) is 123 cm³/mol. The Balaban J connectivity index is 2.52. The Labute approximate surface area is 171 Å². The number of aryl methyl sites for hydroxylation is 2. The van der Waals surface area contributed by atoms with E-state index in [0.717, 1.165) is 24.3 Å². The fourth-order valence-corrected chi connectivity index (χ4v) is 3.59. The molecule has 0 heterocycles. The lowest BCUT2D eigenvalue weighted by Gasteiger charge is -2.28. The van der Waals surface area contributed by atoms with E-state index in [1.807, 2.05) is 0 Å². The van der Waals surface area contributed by atoms with Gasteiger partial charge in [0.25, 0.3) is 0 Å². The Morgan fingerprint density at radius 1 is 1.14 bits per heavy atom. The van der Waals surface area contributed by atoms with Crippen molar-refractivity contribution in [1.29, 1.82) is 0 Å². The second-order valence-electron chi connectivity index (χ2n) is 8.19. The van der Waals surface area contributed by atoms with Crippen molar-refractivity contribution in [3.63, 3.8) is 0 Å². The van der Waals surface area contributed by atoms with Crippen molar-refractivity contribution in [2.45, 2.75) is 59.8 Å². The number of rotatable bonds is 8. The van der Waals surface area contributed by atoms with Gasteiger partial charge in [0.05, 0.1) is 5.71 Å². The summed E-state index contributed by atoms with van der Waals surface area (Å²) in [6.07, 6.45) is 4.12. The van der Waals surface area contributed by atoms with Gasteiger partial charge < -0.3 is 5.73 Å². The molecular weight excluding hydrogens is 340 g/mol. The molecule has 1 unspecified atom stereocenters. The van der Waals surface area contributed by atoms with Crippen LogP contribution < -0.4 is 5.73 Å². The molecule has 0 bridgehead atoms. The van der Waals surface area contributed by atoms with Crippen molar-refractivity contribution in [2.75, 3.05) is 6.54 Å². The summed E-state index contributed by atoms with van der Waals surface area (Å²) in [5.74, 6) is 0.306. The summed E-state index contributed by atoms with van der Waals surface area (Å²) in [5.41, 5.74) is 13.0. The molecule has 0 aliphatic heterocycles. The highest BCUT2D eigenvalue weighted by molar-refractivity contribution is 6.02. The highest BCUT2D eigenvalue weighted by atomic mass is 14.8. The second kappa shape index (κ2) is 9.84. The lowest BCUT2D eigenvalue weighted by molar-refractivity contribution is 0.609. The van der Waals surface area contributed by atoms with Gasteiger partial charge in [-0.2, -0.15) is 0 Å². The fraction of sp³-hybridized carbons (Fsp3) is 0.423. The molecule has 0 aliphatic carbocycles. The minimum absolute atomic E-state index is 0.168. The standard InChI is InChI=1S/C26H36N2/c1-7-21-10-9-11-23(18-21)26(5,6)24(8-2)28-25(20(4)16-17-27)22-14-12-19(3)13-15-22/h8-15,18,20H,7,16-17,27H2,1-6H3/b24-8-,28-25?. The van der Waals surface area contributed by atoms with Crippen molar-refractivity contribution < 1.29 is 0 Å². The zero-order valence-electron chi connectivity index (χ0n) is 18.4. The molecule has 2 N–H and O–H groups in total. The summed E-state index contributed by atoms with van der Waals surface area (Å²) in [4.78, 5) is 5.24. The summed E-state index contributed by atoms with van der Waals surface area (Å²) >= 11 is 0. The summed E-state index contributed by atoms with van der Waals surface area (Å²) in [5, 5.41) is 0. The van der Waals surface area contributed by atoms with Crippen LogP contribution in [0, 0.1) is 12.8 Å². The first-order valence-corrected chi connectivity index (χ1v) is 10.4. The van der Waals surface area contributed by atoms with Crippen LogP contribution in [0.15, 0.2) is 65.3 Å². The third-order valence-corrected chi connectivity index (χ3v) is 5.63.